The van der Waals surface area contributed by atoms with E-state index in [9.17, 15) is 22.0 Å². The summed E-state index contributed by atoms with van der Waals surface area (Å²) in [6, 6.07) is 10.5. The normalized spacial score (nSPS) is 17.7. The molecule has 1 aliphatic heterocycles. The van der Waals surface area contributed by atoms with Crippen LogP contribution in [0.25, 0.3) is 10.8 Å². The van der Waals surface area contributed by atoms with Crippen molar-refractivity contribution in [1.82, 2.24) is 0 Å². The van der Waals surface area contributed by atoms with Crippen molar-refractivity contribution in [2.45, 2.75) is 96.3 Å². The van der Waals surface area contributed by atoms with Crippen LogP contribution < -0.4 is 4.74 Å². The molecular weight excluding hydrogens is 546 g/mol. The van der Waals surface area contributed by atoms with Gasteiger partial charge in [-0.1, -0.05) is 69.4 Å². The van der Waals surface area contributed by atoms with Crippen LogP contribution in [0.15, 0.2) is 42.5 Å². The third-order valence-corrected chi connectivity index (χ3v) is 7.44. The molecule has 1 heterocycles. The van der Waals surface area contributed by atoms with E-state index >= 15 is 4.39 Å². The molecule has 0 bridgehead atoms. The Balaban J connectivity index is 1.32. The molecule has 3 aromatic rings. The highest BCUT2D eigenvalue weighted by Crippen LogP contribution is 2.31. The van der Waals surface area contributed by atoms with E-state index in [2.05, 4.69) is 11.7 Å². The maximum atomic E-state index is 15.3. The second-order valence-corrected chi connectivity index (χ2v) is 10.6. The lowest BCUT2D eigenvalue weighted by Gasteiger charge is -2.30. The number of halogens is 6. The summed E-state index contributed by atoms with van der Waals surface area (Å²) in [5.74, 6) is -4.88. The van der Waals surface area contributed by atoms with Crippen molar-refractivity contribution in [3.63, 3.8) is 0 Å². The van der Waals surface area contributed by atoms with Crippen LogP contribution >= 0.6 is 0 Å². The molecule has 4 rings (SSSR count). The van der Waals surface area contributed by atoms with Crippen molar-refractivity contribution >= 4 is 10.8 Å². The topological polar surface area (TPSA) is 27.7 Å². The Morgan fingerprint density at radius 1 is 0.829 bits per heavy atom. The molecule has 2 atom stereocenters. The summed E-state index contributed by atoms with van der Waals surface area (Å²) in [6.07, 6.45) is 4.50. The molecule has 3 aromatic carbocycles. The van der Waals surface area contributed by atoms with Gasteiger partial charge in [0.1, 0.15) is 5.82 Å². The quantitative estimate of drug-likeness (QED) is 0.148. The molecule has 0 aromatic heterocycles. The van der Waals surface area contributed by atoms with Crippen LogP contribution in [-0.4, -0.2) is 25.4 Å². The van der Waals surface area contributed by atoms with Gasteiger partial charge in [0.05, 0.1) is 12.7 Å². The first-order valence-corrected chi connectivity index (χ1v) is 14.3. The van der Waals surface area contributed by atoms with E-state index in [1.807, 2.05) is 12.1 Å². The van der Waals surface area contributed by atoms with Gasteiger partial charge in [-0.15, -0.1) is 13.2 Å². The minimum Gasteiger partial charge on any atom is -0.399 e. The van der Waals surface area contributed by atoms with Gasteiger partial charge in [0.2, 0.25) is 5.75 Å². The summed E-state index contributed by atoms with van der Waals surface area (Å²) in [4.78, 5) is 0. The lowest BCUT2D eigenvalue weighted by atomic mass is 9.98. The molecule has 2 unspecified atom stereocenters. The molecule has 0 aliphatic carbocycles. The van der Waals surface area contributed by atoms with Gasteiger partial charge in [-0.2, -0.15) is 0 Å². The lowest BCUT2D eigenvalue weighted by molar-refractivity contribution is -0.276. The molecule has 41 heavy (non-hydrogen) atoms. The molecule has 9 heteroatoms. The van der Waals surface area contributed by atoms with Crippen LogP contribution in [0, 0.1) is 17.5 Å². The van der Waals surface area contributed by atoms with Crippen LogP contribution in [-0.2, 0) is 28.7 Å². The van der Waals surface area contributed by atoms with Gasteiger partial charge < -0.3 is 14.2 Å². The van der Waals surface area contributed by atoms with E-state index < -0.39 is 29.6 Å². The Morgan fingerprint density at radius 2 is 1.59 bits per heavy atom. The first-order chi connectivity index (χ1) is 19.6. The van der Waals surface area contributed by atoms with Crippen molar-refractivity contribution in [2.75, 3.05) is 6.61 Å². The smallest absolute Gasteiger partial charge is 0.399 e. The molecule has 0 saturated carbocycles. The van der Waals surface area contributed by atoms with Gasteiger partial charge >= 0.3 is 6.36 Å². The largest absolute Gasteiger partial charge is 0.573 e. The zero-order chi connectivity index (χ0) is 29.4. The molecule has 1 saturated heterocycles. The van der Waals surface area contributed by atoms with Crippen molar-refractivity contribution in [1.29, 1.82) is 0 Å². The van der Waals surface area contributed by atoms with Crippen molar-refractivity contribution < 1.29 is 40.6 Å². The van der Waals surface area contributed by atoms with E-state index in [1.54, 1.807) is 18.2 Å². The summed E-state index contributed by atoms with van der Waals surface area (Å²) in [5, 5.41) is 1.15. The Kier molecular flexibility index (Phi) is 10.9. The first kappa shape index (κ1) is 31.2. The Hall–Kier alpha value is -2.78. The zero-order valence-corrected chi connectivity index (χ0v) is 23.2. The predicted molar refractivity (Wildman–Crippen MR) is 145 cm³/mol. The number of unbranched alkanes of at least 4 members (excludes halogenated alkanes) is 4. The zero-order valence-electron chi connectivity index (χ0n) is 23.2. The van der Waals surface area contributed by atoms with Gasteiger partial charge in [-0.3, -0.25) is 0 Å². The third kappa shape index (κ3) is 9.10. The minimum atomic E-state index is -5.22. The summed E-state index contributed by atoms with van der Waals surface area (Å²) < 4.78 is 95.8. The number of fused-ring (bicyclic) bond motifs is 1. The molecular formula is C32H36F6O3. The van der Waals surface area contributed by atoms with E-state index in [0.717, 1.165) is 42.3 Å². The highest BCUT2D eigenvalue weighted by atomic mass is 19.4. The molecule has 0 amide bonds. The Labute approximate surface area is 236 Å². The summed E-state index contributed by atoms with van der Waals surface area (Å²) in [5.41, 5.74) is 1.47. The highest BCUT2D eigenvalue weighted by molar-refractivity contribution is 5.84. The average molecular weight is 583 g/mol. The van der Waals surface area contributed by atoms with Crippen LogP contribution in [0.1, 0.15) is 75.0 Å². The average Bonchev–Trinajstić information content (AvgIpc) is 2.93. The second-order valence-electron chi connectivity index (χ2n) is 10.6. The number of aryl methyl sites for hydroxylation is 3. The Morgan fingerprint density at radius 3 is 2.32 bits per heavy atom. The minimum absolute atomic E-state index is 0.0295. The number of hydrogen-bond acceptors (Lipinski definition) is 3. The molecule has 0 N–H and O–H groups in total. The fraction of sp³-hybridized carbons (Fsp3) is 0.500. The van der Waals surface area contributed by atoms with Gasteiger partial charge in [0.25, 0.3) is 0 Å². The van der Waals surface area contributed by atoms with E-state index in [0.29, 0.717) is 24.0 Å². The lowest BCUT2D eigenvalue weighted by Crippen LogP contribution is -2.32. The molecule has 224 valence electrons. The molecule has 3 nitrogen and oxygen atoms in total. The SMILES string of the molecule is CCCCCCCC1CCOC(CCc2ccc3c(F)c(CCc4cc(F)c(OC(F)(F)F)c(F)c4)ccc3c2)O1. The van der Waals surface area contributed by atoms with Gasteiger partial charge in [0, 0.05) is 11.8 Å². The van der Waals surface area contributed by atoms with Crippen LogP contribution in [0.5, 0.6) is 5.75 Å². The number of alkyl halides is 3. The van der Waals surface area contributed by atoms with Crippen molar-refractivity contribution in [3.05, 3.63) is 76.6 Å². The van der Waals surface area contributed by atoms with Gasteiger partial charge in [-0.25, -0.2) is 13.2 Å². The van der Waals surface area contributed by atoms with E-state index in [1.165, 1.54) is 32.1 Å². The maximum absolute atomic E-state index is 15.3. The van der Waals surface area contributed by atoms with E-state index in [-0.39, 0.29) is 30.8 Å². The van der Waals surface area contributed by atoms with E-state index in [4.69, 9.17) is 9.47 Å². The first-order valence-electron chi connectivity index (χ1n) is 14.3. The predicted octanol–water partition coefficient (Wildman–Crippen LogP) is 9.37. The third-order valence-electron chi connectivity index (χ3n) is 7.44. The number of benzene rings is 3. The molecule has 1 aliphatic rings. The van der Waals surface area contributed by atoms with Crippen LogP contribution in [0.3, 0.4) is 0 Å². The maximum Gasteiger partial charge on any atom is 0.573 e. The Bertz CT molecular complexity index is 1270. The molecule has 0 radical (unpaired) electrons. The van der Waals surface area contributed by atoms with Gasteiger partial charge in [0.15, 0.2) is 17.9 Å². The van der Waals surface area contributed by atoms with Crippen molar-refractivity contribution in [3.8, 4) is 5.75 Å². The van der Waals surface area contributed by atoms with Crippen LogP contribution in [0.4, 0.5) is 26.3 Å². The number of ether oxygens (including phenoxy) is 3. The van der Waals surface area contributed by atoms with Crippen LogP contribution in [0.2, 0.25) is 0 Å². The number of rotatable bonds is 13. The van der Waals surface area contributed by atoms with Crippen molar-refractivity contribution in [2.24, 2.45) is 0 Å². The fourth-order valence-corrected chi connectivity index (χ4v) is 5.26. The summed E-state index contributed by atoms with van der Waals surface area (Å²) in [7, 11) is 0. The fourth-order valence-electron chi connectivity index (χ4n) is 5.26. The molecule has 0 spiro atoms. The summed E-state index contributed by atoms with van der Waals surface area (Å²) in [6.45, 7) is 2.90. The van der Waals surface area contributed by atoms with Gasteiger partial charge in [-0.05, 0) is 66.3 Å². The highest BCUT2D eigenvalue weighted by Gasteiger charge is 2.34. The summed E-state index contributed by atoms with van der Waals surface area (Å²) >= 11 is 0. The standard InChI is InChI=1S/C32H36F6O3/c1-2-3-4-5-6-7-25-16-17-39-29(40-25)15-10-21-9-14-26-24(18-21)13-12-23(30(26)35)11-8-22-19-27(33)31(28(34)20-22)41-32(36,37)38/h9,12-14,18-20,25,29H,2-8,10-11,15-17H2,1H3. The number of hydrogen-bond donors (Lipinski definition) is 0. The molecule has 1 fully saturated rings. The monoisotopic (exact) mass is 582 g/mol. The second kappa shape index (κ2) is 14.4.